The minimum absolute atomic E-state index is 0.0256. The lowest BCUT2D eigenvalue weighted by atomic mass is 9.82. The molecule has 1 aliphatic rings. The molecule has 0 radical (unpaired) electrons. The fourth-order valence-electron chi connectivity index (χ4n) is 2.88. The third-order valence-corrected chi connectivity index (χ3v) is 4.02. The maximum atomic E-state index is 12.7. The molecule has 0 saturated carbocycles. The highest BCUT2D eigenvalue weighted by molar-refractivity contribution is 5.93. The Balaban J connectivity index is 2.69. The molecular weight excluding hydrogens is 382 g/mol. The molecular formula is C19H19N3O7. The molecule has 152 valence electrons. The monoisotopic (exact) mass is 401 g/mol. The molecule has 10 nitrogen and oxygen atoms in total. The molecule has 10 heteroatoms. The Morgan fingerprint density at radius 3 is 2.59 bits per heavy atom. The summed E-state index contributed by atoms with van der Waals surface area (Å²) < 4.78 is 15.4. The minimum Gasteiger partial charge on any atom is -0.466 e. The number of allylic oxidation sites excluding steroid dienone is 1. The number of benzene rings is 1. The van der Waals surface area contributed by atoms with Crippen LogP contribution in [0.3, 0.4) is 0 Å². The van der Waals surface area contributed by atoms with Gasteiger partial charge in [-0.25, -0.2) is 4.79 Å². The summed E-state index contributed by atoms with van der Waals surface area (Å²) in [5, 5.41) is 20.8. The Labute approximate surface area is 166 Å². The first-order valence-corrected chi connectivity index (χ1v) is 8.71. The van der Waals surface area contributed by atoms with E-state index in [0.29, 0.717) is 0 Å². The lowest BCUT2D eigenvalue weighted by molar-refractivity contribution is -0.384. The van der Waals surface area contributed by atoms with Gasteiger partial charge in [-0.3, -0.25) is 14.9 Å². The van der Waals surface area contributed by atoms with Gasteiger partial charge in [-0.05, 0) is 19.4 Å². The van der Waals surface area contributed by atoms with Gasteiger partial charge in [0.1, 0.15) is 23.8 Å². The van der Waals surface area contributed by atoms with Gasteiger partial charge in [-0.15, -0.1) is 0 Å². The molecule has 2 rings (SSSR count). The molecule has 0 aromatic heterocycles. The van der Waals surface area contributed by atoms with Gasteiger partial charge in [0.25, 0.3) is 5.69 Å². The number of non-ortho nitro benzene ring substituents is 1. The Bertz CT molecular complexity index is 943. The number of nitrogens with two attached hydrogens (primary N) is 1. The lowest BCUT2D eigenvalue weighted by Crippen LogP contribution is -2.27. The number of esters is 2. The number of carbonyl (C=O) groups is 2. The summed E-state index contributed by atoms with van der Waals surface area (Å²) in [6.45, 7) is 3.35. The van der Waals surface area contributed by atoms with Crippen molar-refractivity contribution in [3.63, 3.8) is 0 Å². The summed E-state index contributed by atoms with van der Waals surface area (Å²) in [6.07, 6.45) is -0.424. The number of hydrogen-bond donors (Lipinski definition) is 1. The van der Waals surface area contributed by atoms with E-state index in [1.54, 1.807) is 13.8 Å². The first-order chi connectivity index (χ1) is 13.8. The number of nitriles is 1. The summed E-state index contributed by atoms with van der Waals surface area (Å²) in [4.78, 5) is 35.2. The van der Waals surface area contributed by atoms with Gasteiger partial charge in [-0.2, -0.15) is 5.26 Å². The molecule has 1 aromatic carbocycles. The van der Waals surface area contributed by atoms with Gasteiger partial charge < -0.3 is 19.9 Å². The quantitative estimate of drug-likeness (QED) is 0.411. The van der Waals surface area contributed by atoms with Crippen molar-refractivity contribution in [2.75, 3.05) is 13.2 Å². The zero-order chi connectivity index (χ0) is 21.6. The maximum absolute atomic E-state index is 12.7. The van der Waals surface area contributed by atoms with Crippen molar-refractivity contribution < 1.29 is 28.7 Å². The minimum atomic E-state index is -1.10. The molecule has 0 bridgehead atoms. The maximum Gasteiger partial charge on any atom is 0.338 e. The first kappa shape index (κ1) is 21.4. The molecule has 1 atom stereocenters. The van der Waals surface area contributed by atoms with E-state index in [1.807, 2.05) is 6.07 Å². The average Bonchev–Trinajstić information content (AvgIpc) is 2.67. The van der Waals surface area contributed by atoms with E-state index in [0.717, 1.165) is 0 Å². The van der Waals surface area contributed by atoms with Crippen LogP contribution in [0.25, 0.3) is 0 Å². The van der Waals surface area contributed by atoms with Crippen molar-refractivity contribution in [2.24, 2.45) is 5.73 Å². The van der Waals surface area contributed by atoms with Crippen molar-refractivity contribution in [1.29, 1.82) is 5.26 Å². The second kappa shape index (κ2) is 9.36. The predicted molar refractivity (Wildman–Crippen MR) is 98.7 cm³/mol. The fraction of sp³-hybridized carbons (Fsp3) is 0.316. The topological polar surface area (TPSA) is 155 Å². The highest BCUT2D eigenvalue weighted by Crippen LogP contribution is 2.41. The Morgan fingerprint density at radius 2 is 2.00 bits per heavy atom. The van der Waals surface area contributed by atoms with Crippen LogP contribution in [0.4, 0.5) is 5.69 Å². The molecule has 0 aliphatic carbocycles. The molecule has 0 fully saturated rings. The van der Waals surface area contributed by atoms with Gasteiger partial charge in [-0.1, -0.05) is 12.1 Å². The van der Waals surface area contributed by atoms with Crippen molar-refractivity contribution in [3.8, 4) is 6.07 Å². The van der Waals surface area contributed by atoms with Gasteiger partial charge in [0.15, 0.2) is 0 Å². The highest BCUT2D eigenvalue weighted by atomic mass is 16.6. The molecule has 1 aliphatic heterocycles. The number of carbonyl (C=O) groups excluding carboxylic acids is 2. The van der Waals surface area contributed by atoms with E-state index in [4.69, 9.17) is 19.9 Å². The summed E-state index contributed by atoms with van der Waals surface area (Å²) >= 11 is 0. The summed E-state index contributed by atoms with van der Waals surface area (Å²) in [5.41, 5.74) is 5.62. The second-order valence-corrected chi connectivity index (χ2v) is 5.82. The Kier molecular flexibility index (Phi) is 6.92. The number of nitrogens with zero attached hydrogens (tertiary/aromatic N) is 2. The summed E-state index contributed by atoms with van der Waals surface area (Å²) in [7, 11) is 0. The van der Waals surface area contributed by atoms with E-state index in [1.165, 1.54) is 24.3 Å². The van der Waals surface area contributed by atoms with Crippen LogP contribution in [0.15, 0.2) is 47.1 Å². The smallest absolute Gasteiger partial charge is 0.338 e. The van der Waals surface area contributed by atoms with E-state index in [9.17, 15) is 25.0 Å². The highest BCUT2D eigenvalue weighted by Gasteiger charge is 2.38. The average molecular weight is 401 g/mol. The summed E-state index contributed by atoms with van der Waals surface area (Å²) in [5.74, 6) is -3.04. The first-order valence-electron chi connectivity index (χ1n) is 8.71. The normalized spacial score (nSPS) is 16.0. The van der Waals surface area contributed by atoms with Crippen LogP contribution in [0.2, 0.25) is 0 Å². The molecule has 0 amide bonds. The van der Waals surface area contributed by atoms with Gasteiger partial charge in [0, 0.05) is 12.1 Å². The van der Waals surface area contributed by atoms with Crippen molar-refractivity contribution in [1.82, 2.24) is 0 Å². The number of ether oxygens (including phenoxy) is 3. The van der Waals surface area contributed by atoms with Crippen LogP contribution in [-0.2, 0) is 23.8 Å². The van der Waals surface area contributed by atoms with E-state index < -0.39 is 29.2 Å². The molecule has 1 heterocycles. The van der Waals surface area contributed by atoms with Crippen LogP contribution in [0.1, 0.15) is 31.7 Å². The SMILES string of the molecule is CCOC(=O)CC1=C(C(=O)OCC)[C@@H](c2cccc([N+](=O)[O-])c2)C(C#N)=C(N)O1. The zero-order valence-electron chi connectivity index (χ0n) is 15.8. The van der Waals surface area contributed by atoms with Crippen molar-refractivity contribution in [3.05, 3.63) is 62.7 Å². The fourth-order valence-corrected chi connectivity index (χ4v) is 2.88. The van der Waals surface area contributed by atoms with Crippen LogP contribution in [0.5, 0.6) is 0 Å². The Hall–Kier alpha value is -3.87. The second-order valence-electron chi connectivity index (χ2n) is 5.82. The van der Waals surface area contributed by atoms with E-state index in [-0.39, 0.29) is 47.3 Å². The molecule has 0 unspecified atom stereocenters. The summed E-state index contributed by atoms with van der Waals surface area (Å²) in [6, 6.07) is 7.30. The van der Waals surface area contributed by atoms with Gasteiger partial charge >= 0.3 is 11.9 Å². The van der Waals surface area contributed by atoms with Crippen molar-refractivity contribution >= 4 is 17.6 Å². The van der Waals surface area contributed by atoms with Crippen LogP contribution in [-0.4, -0.2) is 30.1 Å². The third-order valence-electron chi connectivity index (χ3n) is 4.02. The number of rotatable bonds is 7. The lowest BCUT2D eigenvalue weighted by Gasteiger charge is -2.27. The van der Waals surface area contributed by atoms with Crippen LogP contribution >= 0.6 is 0 Å². The van der Waals surface area contributed by atoms with Crippen LogP contribution in [0, 0.1) is 21.4 Å². The molecule has 2 N–H and O–H groups in total. The predicted octanol–water partition coefficient (Wildman–Crippen LogP) is 2.17. The largest absolute Gasteiger partial charge is 0.466 e. The molecule has 1 aromatic rings. The van der Waals surface area contributed by atoms with E-state index >= 15 is 0 Å². The molecule has 0 spiro atoms. The standard InChI is InChI=1S/C19H19N3O7/c1-3-27-15(23)9-14-17(19(24)28-4-2)16(13(10-20)18(21)29-14)11-6-5-7-12(8-11)22(25)26/h5-8,16H,3-4,9,21H2,1-2H3/t16-/m0/s1. The van der Waals surface area contributed by atoms with Crippen LogP contribution < -0.4 is 5.73 Å². The molecule has 29 heavy (non-hydrogen) atoms. The van der Waals surface area contributed by atoms with Gasteiger partial charge in [0.05, 0.1) is 29.6 Å². The molecule has 0 saturated heterocycles. The number of hydrogen-bond acceptors (Lipinski definition) is 9. The number of nitro groups is 1. The Morgan fingerprint density at radius 1 is 1.31 bits per heavy atom. The van der Waals surface area contributed by atoms with Crippen molar-refractivity contribution in [2.45, 2.75) is 26.2 Å². The van der Waals surface area contributed by atoms with Gasteiger partial charge in [0.2, 0.25) is 5.88 Å². The van der Waals surface area contributed by atoms with E-state index in [2.05, 4.69) is 0 Å². The zero-order valence-corrected chi connectivity index (χ0v) is 15.8. The number of nitro benzene ring substituents is 1. The third kappa shape index (κ3) is 4.70.